The second-order valence-electron chi connectivity index (χ2n) is 5.89. The van der Waals surface area contributed by atoms with Crippen LogP contribution in [0.1, 0.15) is 13.8 Å². The molecule has 7 nitrogen and oxygen atoms in total. The smallest absolute Gasteiger partial charge is 0.350 e. The van der Waals surface area contributed by atoms with Gasteiger partial charge >= 0.3 is 11.9 Å². The lowest BCUT2D eigenvalue weighted by molar-refractivity contribution is -0.222. The number of hydrogen-bond acceptors (Lipinski definition) is 6. The van der Waals surface area contributed by atoms with Gasteiger partial charge < -0.3 is 19.8 Å². The first-order chi connectivity index (χ1) is 11.8. The molecule has 0 radical (unpaired) electrons. The molecular formula is C18H16N2O5. The Kier molecular flexibility index (Phi) is 4.14. The Balaban J connectivity index is 1.82. The van der Waals surface area contributed by atoms with Crippen LogP contribution in [0.3, 0.4) is 0 Å². The Bertz CT molecular complexity index is 905. The number of carbonyl (C=O) groups excluding carboxylic acids is 2. The molecule has 3 rings (SSSR count). The molecule has 128 valence electrons. The zero-order valence-electron chi connectivity index (χ0n) is 13.7. The number of carbonyl (C=O) groups is 2. The number of aromatic amines is 1. The molecule has 1 aliphatic heterocycles. The summed E-state index contributed by atoms with van der Waals surface area (Å²) in [4.78, 5) is 37.9. The number of nitrogens with one attached hydrogen (secondary N) is 2. The van der Waals surface area contributed by atoms with Gasteiger partial charge in [0.2, 0.25) is 5.56 Å². The van der Waals surface area contributed by atoms with E-state index >= 15 is 0 Å². The van der Waals surface area contributed by atoms with Crippen LogP contribution in [-0.2, 0) is 19.1 Å². The molecule has 0 aliphatic carbocycles. The summed E-state index contributed by atoms with van der Waals surface area (Å²) in [5.74, 6) is -2.78. The van der Waals surface area contributed by atoms with Gasteiger partial charge in [-0.25, -0.2) is 9.59 Å². The molecule has 0 bridgehead atoms. The molecule has 1 aromatic carbocycles. The highest BCUT2D eigenvalue weighted by Crippen LogP contribution is 2.24. The lowest BCUT2D eigenvalue weighted by Crippen LogP contribution is -2.42. The zero-order valence-corrected chi connectivity index (χ0v) is 13.7. The largest absolute Gasteiger partial charge is 0.419 e. The summed E-state index contributed by atoms with van der Waals surface area (Å²) < 4.78 is 10.0. The average Bonchev–Trinajstić information content (AvgIpc) is 2.53. The molecule has 25 heavy (non-hydrogen) atoms. The molecule has 0 unspecified atom stereocenters. The van der Waals surface area contributed by atoms with E-state index in [0.29, 0.717) is 11.4 Å². The Morgan fingerprint density at radius 1 is 1.00 bits per heavy atom. The summed E-state index contributed by atoms with van der Waals surface area (Å²) in [6, 6.07) is 12.0. The van der Waals surface area contributed by atoms with Crippen molar-refractivity contribution in [3.63, 3.8) is 0 Å². The Morgan fingerprint density at radius 2 is 1.68 bits per heavy atom. The van der Waals surface area contributed by atoms with Crippen molar-refractivity contribution in [1.29, 1.82) is 0 Å². The van der Waals surface area contributed by atoms with Gasteiger partial charge in [0.15, 0.2) is 5.57 Å². The third kappa shape index (κ3) is 3.77. The number of benzene rings is 1. The fourth-order valence-corrected chi connectivity index (χ4v) is 2.33. The lowest BCUT2D eigenvalue weighted by Gasteiger charge is -2.29. The molecule has 1 aromatic heterocycles. The number of ether oxygens (including phenoxy) is 2. The summed E-state index contributed by atoms with van der Waals surface area (Å²) in [5, 5.41) is 2.87. The van der Waals surface area contributed by atoms with Crippen LogP contribution >= 0.6 is 0 Å². The maximum Gasteiger partial charge on any atom is 0.350 e. The van der Waals surface area contributed by atoms with Crippen LogP contribution in [-0.4, -0.2) is 22.7 Å². The summed E-state index contributed by atoms with van der Waals surface area (Å²) in [6.07, 6.45) is 1.24. The molecule has 0 spiro atoms. The number of pyridine rings is 1. The van der Waals surface area contributed by atoms with Crippen LogP contribution in [0, 0.1) is 0 Å². The predicted octanol–water partition coefficient (Wildman–Crippen LogP) is 2.17. The molecular weight excluding hydrogens is 324 g/mol. The van der Waals surface area contributed by atoms with Crippen molar-refractivity contribution >= 4 is 17.6 Å². The van der Waals surface area contributed by atoms with Gasteiger partial charge in [-0.1, -0.05) is 18.2 Å². The molecule has 2 heterocycles. The topological polar surface area (TPSA) is 97.5 Å². The summed E-state index contributed by atoms with van der Waals surface area (Å²) in [6.45, 7) is 2.97. The van der Waals surface area contributed by atoms with E-state index in [2.05, 4.69) is 10.3 Å². The van der Waals surface area contributed by atoms with E-state index in [9.17, 15) is 14.4 Å². The first-order valence-electron chi connectivity index (χ1n) is 7.57. The molecule has 0 saturated carbocycles. The van der Waals surface area contributed by atoms with E-state index in [4.69, 9.17) is 9.47 Å². The van der Waals surface area contributed by atoms with Gasteiger partial charge in [-0.2, -0.15) is 0 Å². The minimum Gasteiger partial charge on any atom is -0.419 e. The van der Waals surface area contributed by atoms with E-state index in [1.54, 1.807) is 30.3 Å². The van der Waals surface area contributed by atoms with Crippen molar-refractivity contribution in [2.45, 2.75) is 19.6 Å². The molecule has 0 atom stereocenters. The van der Waals surface area contributed by atoms with Crippen LogP contribution in [0.15, 0.2) is 59.0 Å². The summed E-state index contributed by atoms with van der Waals surface area (Å²) in [7, 11) is 0. The number of anilines is 1. The van der Waals surface area contributed by atoms with Crippen LogP contribution in [0.4, 0.5) is 5.69 Å². The fraction of sp³-hybridized carbons (Fsp3) is 0.167. The number of cyclic esters (lactones) is 2. The number of rotatable bonds is 3. The minimum absolute atomic E-state index is 0.201. The van der Waals surface area contributed by atoms with Crippen LogP contribution < -0.4 is 10.9 Å². The fourth-order valence-electron chi connectivity index (χ4n) is 2.33. The van der Waals surface area contributed by atoms with Gasteiger partial charge in [-0.3, -0.25) is 4.79 Å². The first-order valence-corrected chi connectivity index (χ1v) is 7.57. The summed E-state index contributed by atoms with van der Waals surface area (Å²) in [5.41, 5.74) is 1.63. The molecule has 2 aromatic rings. The van der Waals surface area contributed by atoms with Crippen molar-refractivity contribution in [2.24, 2.45) is 0 Å². The van der Waals surface area contributed by atoms with Crippen LogP contribution in [0.25, 0.3) is 11.3 Å². The molecule has 1 saturated heterocycles. The first kappa shape index (κ1) is 16.5. The second kappa shape index (κ2) is 6.27. The maximum atomic E-state index is 11.9. The van der Waals surface area contributed by atoms with Crippen LogP contribution in [0.2, 0.25) is 0 Å². The van der Waals surface area contributed by atoms with Gasteiger partial charge in [-0.15, -0.1) is 0 Å². The average molecular weight is 340 g/mol. The highest BCUT2D eigenvalue weighted by molar-refractivity contribution is 6.15. The highest BCUT2D eigenvalue weighted by Gasteiger charge is 2.38. The molecule has 7 heteroatoms. The quantitative estimate of drug-likeness (QED) is 0.505. The third-order valence-electron chi connectivity index (χ3n) is 3.44. The Hall–Kier alpha value is -3.35. The Morgan fingerprint density at radius 3 is 2.36 bits per heavy atom. The standard InChI is InChI=1S/C18H16N2O5/c1-18(2)24-16(22)13(17(23)25-18)10-19-12-6-3-5-11(9-12)14-7-4-8-15(21)20-14/h3-10,19H,1-2H3,(H,20,21). The zero-order chi connectivity index (χ0) is 18.0. The molecule has 1 aliphatic rings. The monoisotopic (exact) mass is 340 g/mol. The number of H-pyrrole nitrogens is 1. The van der Waals surface area contributed by atoms with Gasteiger partial charge in [0, 0.05) is 43.1 Å². The SMILES string of the molecule is CC1(C)OC(=O)C(=CNc2cccc(-c3cccc(=O)[nH]3)c2)C(=O)O1. The lowest BCUT2D eigenvalue weighted by atomic mass is 10.1. The maximum absolute atomic E-state index is 11.9. The number of hydrogen-bond donors (Lipinski definition) is 2. The van der Waals surface area contributed by atoms with E-state index < -0.39 is 17.7 Å². The van der Waals surface area contributed by atoms with Crippen molar-refractivity contribution in [2.75, 3.05) is 5.32 Å². The van der Waals surface area contributed by atoms with E-state index in [-0.39, 0.29) is 11.1 Å². The molecule has 0 amide bonds. The van der Waals surface area contributed by atoms with Crippen molar-refractivity contribution in [1.82, 2.24) is 4.98 Å². The predicted molar refractivity (Wildman–Crippen MR) is 90.5 cm³/mol. The van der Waals surface area contributed by atoms with Gasteiger partial charge in [0.1, 0.15) is 0 Å². The normalized spacial score (nSPS) is 16.0. The van der Waals surface area contributed by atoms with Crippen molar-refractivity contribution < 1.29 is 19.1 Å². The number of esters is 2. The third-order valence-corrected chi connectivity index (χ3v) is 3.44. The van der Waals surface area contributed by atoms with E-state index in [0.717, 1.165) is 5.56 Å². The van der Waals surface area contributed by atoms with Crippen molar-refractivity contribution in [3.8, 4) is 11.3 Å². The van der Waals surface area contributed by atoms with Crippen molar-refractivity contribution in [3.05, 3.63) is 64.6 Å². The molecule has 2 N–H and O–H groups in total. The molecule has 1 fully saturated rings. The second-order valence-corrected chi connectivity index (χ2v) is 5.89. The van der Waals surface area contributed by atoms with E-state index in [1.807, 2.05) is 6.07 Å². The van der Waals surface area contributed by atoms with Gasteiger partial charge in [0.25, 0.3) is 5.79 Å². The van der Waals surface area contributed by atoms with E-state index in [1.165, 1.54) is 26.1 Å². The van der Waals surface area contributed by atoms with Gasteiger partial charge in [-0.05, 0) is 18.2 Å². The minimum atomic E-state index is -1.27. The van der Waals surface area contributed by atoms with Crippen LogP contribution in [0.5, 0.6) is 0 Å². The summed E-state index contributed by atoms with van der Waals surface area (Å²) >= 11 is 0. The Labute approximate surface area is 143 Å². The van der Waals surface area contributed by atoms with Gasteiger partial charge in [0.05, 0.1) is 0 Å². The highest BCUT2D eigenvalue weighted by atomic mass is 16.7. The number of aromatic nitrogens is 1.